The van der Waals surface area contributed by atoms with Gasteiger partial charge in [0.1, 0.15) is 0 Å². The highest BCUT2D eigenvalue weighted by Gasteiger charge is 2.21. The smallest absolute Gasteiger partial charge is 0.00135 e. The Morgan fingerprint density at radius 3 is 0.623 bits per heavy atom. The Morgan fingerprint density at radius 2 is 0.361 bits per heavy atom. The first kappa shape index (κ1) is 92.3. The fourth-order valence-electron chi connectivity index (χ4n) is 14.2. The van der Waals surface area contributed by atoms with Crippen molar-refractivity contribution in [2.45, 2.75) is 171 Å². The fraction of sp³-hybridized carbons (Fsp3) is 0.246. The van der Waals surface area contributed by atoms with Crippen LogP contribution >= 0.6 is 0 Å². The molecule has 0 saturated carbocycles. The summed E-state index contributed by atoms with van der Waals surface area (Å²) < 4.78 is 0. The maximum absolute atomic E-state index is 2.32. The van der Waals surface area contributed by atoms with E-state index in [1.807, 2.05) is 0 Å². The second-order valence-corrected chi connectivity index (χ2v) is 41.2. The molecule has 0 heteroatoms. The quantitative estimate of drug-likeness (QED) is 0.151. The third-order valence-corrected chi connectivity index (χ3v) is 19.1. The molecule has 0 N–H and O–H groups in total. The molecule has 0 unspecified atom stereocenters. The van der Waals surface area contributed by atoms with Crippen LogP contribution in [0.3, 0.4) is 0 Å². The van der Waals surface area contributed by atoms with Crippen molar-refractivity contribution in [3.05, 3.63) is 399 Å². The number of hydrogen-bond donors (Lipinski definition) is 0. The van der Waals surface area contributed by atoms with Crippen molar-refractivity contribution in [3.63, 3.8) is 0 Å². The Hall–Kier alpha value is -12.0. The Labute approximate surface area is 733 Å². The molecule has 18 aromatic carbocycles. The van der Waals surface area contributed by atoms with Crippen molar-refractivity contribution < 1.29 is 0 Å². The second-order valence-electron chi connectivity index (χ2n) is 41.2. The lowest BCUT2D eigenvalue weighted by molar-refractivity contribution is 0.469. The Bertz CT molecular complexity index is 5680. The molecule has 0 radical (unpaired) electrons. The van der Waals surface area contributed by atoms with Gasteiger partial charge in [-0.1, -0.05) is 535 Å². The first-order valence-electron chi connectivity index (χ1n) is 43.8. The summed E-state index contributed by atoms with van der Waals surface area (Å²) in [4.78, 5) is 0. The van der Waals surface area contributed by atoms with Gasteiger partial charge in [-0.15, -0.1) is 0 Å². The van der Waals surface area contributed by atoms with Crippen LogP contribution in [0.1, 0.15) is 176 Å². The minimum atomic E-state index is 0.133. The van der Waals surface area contributed by atoms with Crippen LogP contribution in [0, 0.1) is 27.1 Å². The van der Waals surface area contributed by atoms with Gasteiger partial charge in [-0.2, -0.15) is 0 Å². The zero-order chi connectivity index (χ0) is 88.0. The van der Waals surface area contributed by atoms with Gasteiger partial charge in [0.2, 0.25) is 0 Å². The predicted octanol–water partition coefficient (Wildman–Crippen LogP) is 37.5. The predicted molar refractivity (Wildman–Crippen MR) is 547 cm³/mol. The van der Waals surface area contributed by atoms with Crippen LogP contribution in [0.15, 0.2) is 382 Å². The molecular formula is C122H134. The van der Waals surface area contributed by atoms with E-state index >= 15 is 0 Å². The molecule has 2 aliphatic carbocycles. The molecule has 0 aliphatic heterocycles. The van der Waals surface area contributed by atoms with Crippen molar-refractivity contribution in [1.29, 1.82) is 0 Å². The molecule has 0 amide bonds. The van der Waals surface area contributed by atoms with Gasteiger partial charge < -0.3 is 0 Å². The highest BCUT2D eigenvalue weighted by atomic mass is 14.2. The van der Waals surface area contributed by atoms with Crippen LogP contribution in [-0.4, -0.2) is 0 Å². The van der Waals surface area contributed by atoms with Crippen LogP contribution in [0.4, 0.5) is 0 Å². The van der Waals surface area contributed by atoms with E-state index in [0.717, 1.165) is 6.42 Å². The summed E-state index contributed by atoms with van der Waals surface area (Å²) in [5, 5.41) is 21.4. The summed E-state index contributed by atoms with van der Waals surface area (Å²) in [6, 6.07) is 136. The average Bonchev–Trinajstić information content (AvgIpc) is 1.63. The zero-order valence-electron chi connectivity index (χ0n) is 77.6. The minimum Gasteiger partial charge on any atom is -0.0622 e. The average molecular weight is 1600 g/mol. The standard InChI is InChI=1S/C22H22.C18H12.C16H10.2C14H10.C13H10.5C5H12/c1-22(2,3)21-15-19(17-10-6-4-7-11-17)14-20(16-21)18-12-8-5-9-13-18;1-2-8-14-13(7-1)15-9-3-4-11-17(15)18-12-6-5-10-16(14)18;1-2-8-13-12(7-1)14-9-3-5-11-6-4-10-15(13)16(11)14;2*1-3-7-13-11(5-1)9-10-12-6-2-4-8-14(12)13;1-3-7-12-10(5-1)9-11-6-2-4-8-13(11)12;5*1-5(2,3)4/h4-16H,1-3H3;1-12H;1-10H;2*1-10H;1-8H,9H2;5*1-4H3. The van der Waals surface area contributed by atoms with Gasteiger partial charge in [-0.3, -0.25) is 0 Å². The van der Waals surface area contributed by atoms with Crippen LogP contribution in [0.5, 0.6) is 0 Å². The lowest BCUT2D eigenvalue weighted by atomic mass is 9.83. The highest BCUT2D eigenvalue weighted by molar-refractivity contribution is 6.25. The van der Waals surface area contributed by atoms with E-state index < -0.39 is 0 Å². The molecule has 2 aliphatic rings. The van der Waals surface area contributed by atoms with Gasteiger partial charge in [0.15, 0.2) is 0 Å². The van der Waals surface area contributed by atoms with E-state index in [9.17, 15) is 0 Å². The summed E-state index contributed by atoms with van der Waals surface area (Å²) in [7, 11) is 0. The SMILES string of the molecule is CC(C)(C)C.CC(C)(C)C.CC(C)(C)C.CC(C)(C)C.CC(C)(C)C.CC(C)(C)c1cc(-c2ccccc2)cc(-c2ccccc2)c1.c1ccc2c(c1)-c1cccc3cccc-2c13.c1ccc2c(c1)Cc1ccccc1-2.c1ccc2c(c1)c1ccccc1c1ccccc21.c1ccc2c(c1)ccc1ccccc12.c1ccc2c(c1)ccc1ccccc12. The molecule has 0 atom stereocenters. The van der Waals surface area contributed by atoms with Crippen LogP contribution in [0.25, 0.3) is 142 Å². The van der Waals surface area contributed by atoms with E-state index in [1.165, 1.54) is 159 Å². The topological polar surface area (TPSA) is 0 Å². The largest absolute Gasteiger partial charge is 0.0622 e. The molecule has 622 valence electrons. The molecule has 20 rings (SSSR count). The third-order valence-electron chi connectivity index (χ3n) is 19.1. The molecule has 0 aromatic heterocycles. The second kappa shape index (κ2) is 41.5. The first-order valence-corrected chi connectivity index (χ1v) is 43.8. The lowest BCUT2D eigenvalue weighted by Gasteiger charge is -2.21. The molecule has 122 heavy (non-hydrogen) atoms. The molecule has 18 aromatic rings. The minimum absolute atomic E-state index is 0.133. The van der Waals surface area contributed by atoms with E-state index in [0.29, 0.717) is 27.1 Å². The van der Waals surface area contributed by atoms with E-state index in [1.54, 1.807) is 0 Å². The number of rotatable bonds is 2. The molecule has 0 spiro atoms. The van der Waals surface area contributed by atoms with Gasteiger partial charge in [0.25, 0.3) is 0 Å². The number of benzene rings is 18. The number of hydrogen-bond acceptors (Lipinski definition) is 0. The van der Waals surface area contributed by atoms with Crippen LogP contribution < -0.4 is 0 Å². The maximum Gasteiger partial charge on any atom is -0.00135 e. The molecule has 0 saturated heterocycles. The summed E-state index contributed by atoms with van der Waals surface area (Å²) >= 11 is 0. The molecule has 0 fully saturated rings. The summed E-state index contributed by atoms with van der Waals surface area (Å²) in [6.45, 7) is 50.6. The van der Waals surface area contributed by atoms with Crippen LogP contribution in [0.2, 0.25) is 0 Å². The Kier molecular flexibility index (Phi) is 31.4. The Morgan fingerprint density at radius 1 is 0.156 bits per heavy atom. The monoisotopic (exact) mass is 1600 g/mol. The third kappa shape index (κ3) is 28.1. The Balaban J connectivity index is 0.000000146. The molecule has 0 nitrogen and oxygen atoms in total. The van der Waals surface area contributed by atoms with Gasteiger partial charge in [0, 0.05) is 0 Å². The zero-order valence-corrected chi connectivity index (χ0v) is 77.6. The molecule has 0 bridgehead atoms. The van der Waals surface area contributed by atoms with Crippen molar-refractivity contribution in [3.8, 4) is 55.6 Å². The van der Waals surface area contributed by atoms with Crippen molar-refractivity contribution in [2.24, 2.45) is 27.1 Å². The van der Waals surface area contributed by atoms with Gasteiger partial charge >= 0.3 is 0 Å². The lowest BCUT2D eigenvalue weighted by Crippen LogP contribution is -2.11. The van der Waals surface area contributed by atoms with Crippen molar-refractivity contribution in [1.82, 2.24) is 0 Å². The van der Waals surface area contributed by atoms with Crippen LogP contribution in [-0.2, 0) is 11.8 Å². The van der Waals surface area contributed by atoms with E-state index in [4.69, 9.17) is 0 Å². The fourth-order valence-corrected chi connectivity index (χ4v) is 14.2. The van der Waals surface area contributed by atoms with Crippen molar-refractivity contribution in [2.75, 3.05) is 0 Å². The molecular weight excluding hydrogens is 1470 g/mol. The molecule has 0 heterocycles. The van der Waals surface area contributed by atoms with E-state index in [2.05, 4.69) is 541 Å². The van der Waals surface area contributed by atoms with Gasteiger partial charge in [-0.25, -0.2) is 0 Å². The summed E-state index contributed by atoms with van der Waals surface area (Å²) in [5.41, 5.74) is 20.4. The summed E-state index contributed by atoms with van der Waals surface area (Å²) in [6.07, 6.45) is 1.10. The van der Waals surface area contributed by atoms with E-state index in [-0.39, 0.29) is 5.41 Å². The number of fused-ring (bicyclic) bond motifs is 18. The normalized spacial score (nSPS) is 11.5. The maximum atomic E-state index is 2.32. The first-order chi connectivity index (χ1) is 57.8. The van der Waals surface area contributed by atoms with Gasteiger partial charge in [0.05, 0.1) is 0 Å². The van der Waals surface area contributed by atoms with Gasteiger partial charge in [-0.05, 0) is 203 Å². The highest BCUT2D eigenvalue weighted by Crippen LogP contribution is 2.47. The summed E-state index contributed by atoms with van der Waals surface area (Å²) in [5.74, 6) is 0. The van der Waals surface area contributed by atoms with Crippen molar-refractivity contribution >= 4 is 86.2 Å².